The quantitative estimate of drug-likeness (QED) is 0.857. The third-order valence-electron chi connectivity index (χ3n) is 4.71. The number of halogens is 1. The minimum atomic E-state index is -0.572. The van der Waals surface area contributed by atoms with Crippen molar-refractivity contribution in [2.24, 2.45) is 0 Å². The topological polar surface area (TPSA) is 53.5 Å². The van der Waals surface area contributed by atoms with Gasteiger partial charge in [0.25, 0.3) is 0 Å². The molecule has 2 fully saturated rings. The highest BCUT2D eigenvalue weighted by molar-refractivity contribution is 7.13. The second-order valence-corrected chi connectivity index (χ2v) is 7.05. The SMILES string of the molecule is O=C1CN(C(=O)C2(c3ccc(F)cc3)CC2)CCN1c1nccs1. The molecule has 2 heterocycles. The molecule has 2 aliphatic rings. The number of benzene rings is 1. The number of amides is 2. The number of hydrogen-bond donors (Lipinski definition) is 0. The highest BCUT2D eigenvalue weighted by Crippen LogP contribution is 2.49. The van der Waals surface area contributed by atoms with Crippen molar-refractivity contribution in [1.29, 1.82) is 0 Å². The maximum Gasteiger partial charge on any atom is 0.248 e. The van der Waals surface area contributed by atoms with Crippen LogP contribution in [0.15, 0.2) is 35.8 Å². The molecular formula is C17H16FN3O2S. The lowest BCUT2D eigenvalue weighted by atomic mass is 9.94. The van der Waals surface area contributed by atoms with Crippen LogP contribution < -0.4 is 4.90 Å². The zero-order valence-electron chi connectivity index (χ0n) is 12.9. The summed E-state index contributed by atoms with van der Waals surface area (Å²) in [6, 6.07) is 6.12. The van der Waals surface area contributed by atoms with E-state index in [0.29, 0.717) is 18.2 Å². The van der Waals surface area contributed by atoms with Crippen molar-refractivity contribution in [1.82, 2.24) is 9.88 Å². The van der Waals surface area contributed by atoms with E-state index in [0.717, 1.165) is 18.4 Å². The summed E-state index contributed by atoms with van der Waals surface area (Å²) in [5.74, 6) is -0.449. The van der Waals surface area contributed by atoms with Crippen molar-refractivity contribution in [3.63, 3.8) is 0 Å². The van der Waals surface area contributed by atoms with E-state index >= 15 is 0 Å². The van der Waals surface area contributed by atoms with Crippen molar-refractivity contribution in [2.75, 3.05) is 24.5 Å². The molecule has 124 valence electrons. The Morgan fingerprint density at radius 1 is 1.21 bits per heavy atom. The van der Waals surface area contributed by atoms with E-state index in [1.54, 1.807) is 28.1 Å². The fraction of sp³-hybridized carbons (Fsp3) is 0.353. The molecule has 1 aliphatic carbocycles. The number of nitrogens with zero attached hydrogens (tertiary/aromatic N) is 3. The molecule has 0 N–H and O–H groups in total. The van der Waals surface area contributed by atoms with Gasteiger partial charge in [-0.15, -0.1) is 11.3 Å². The van der Waals surface area contributed by atoms with Crippen LogP contribution in [0.2, 0.25) is 0 Å². The molecule has 1 saturated heterocycles. The van der Waals surface area contributed by atoms with Gasteiger partial charge >= 0.3 is 0 Å². The molecule has 1 aliphatic heterocycles. The standard InChI is InChI=1S/C17H16FN3O2S/c18-13-3-1-12(2-4-13)17(5-6-17)15(23)20-8-9-21(14(22)11-20)16-19-7-10-24-16/h1-4,7,10H,5-6,8-9,11H2. The van der Waals surface area contributed by atoms with Crippen molar-refractivity contribution >= 4 is 28.3 Å². The first-order valence-electron chi connectivity index (χ1n) is 7.85. The normalized spacial score (nSPS) is 19.5. The van der Waals surface area contributed by atoms with Gasteiger partial charge in [-0.3, -0.25) is 14.5 Å². The highest BCUT2D eigenvalue weighted by Gasteiger charge is 2.53. The summed E-state index contributed by atoms with van der Waals surface area (Å²) in [6.45, 7) is 1.02. The number of thiazole rings is 1. The molecule has 1 aromatic carbocycles. The van der Waals surface area contributed by atoms with Crippen LogP contribution in [0.25, 0.3) is 0 Å². The summed E-state index contributed by atoms with van der Waals surface area (Å²) in [4.78, 5) is 32.8. The van der Waals surface area contributed by atoms with Crippen LogP contribution >= 0.6 is 11.3 Å². The van der Waals surface area contributed by atoms with Crippen molar-refractivity contribution < 1.29 is 14.0 Å². The van der Waals surface area contributed by atoms with Gasteiger partial charge in [0.2, 0.25) is 11.8 Å². The minimum absolute atomic E-state index is 0.0266. The van der Waals surface area contributed by atoms with E-state index in [9.17, 15) is 14.0 Å². The second kappa shape index (κ2) is 5.66. The van der Waals surface area contributed by atoms with Gasteiger partial charge in [0.1, 0.15) is 12.4 Å². The third-order valence-corrected chi connectivity index (χ3v) is 5.51. The van der Waals surface area contributed by atoms with Crippen LogP contribution in [0, 0.1) is 5.82 Å². The Bertz CT molecular complexity index is 772. The summed E-state index contributed by atoms with van der Waals surface area (Å²) in [7, 11) is 0. The fourth-order valence-electron chi connectivity index (χ4n) is 3.22. The van der Waals surface area contributed by atoms with Crippen molar-refractivity contribution in [2.45, 2.75) is 18.3 Å². The van der Waals surface area contributed by atoms with E-state index in [-0.39, 0.29) is 24.2 Å². The summed E-state index contributed by atoms with van der Waals surface area (Å²) in [5, 5.41) is 2.50. The predicted molar refractivity (Wildman–Crippen MR) is 88.4 cm³/mol. The van der Waals surface area contributed by atoms with Gasteiger partial charge in [-0.25, -0.2) is 9.37 Å². The third kappa shape index (κ3) is 2.49. The first-order valence-corrected chi connectivity index (χ1v) is 8.73. The number of anilines is 1. The van der Waals surface area contributed by atoms with Crippen molar-refractivity contribution in [3.8, 4) is 0 Å². The molecule has 7 heteroatoms. The van der Waals surface area contributed by atoms with Crippen LogP contribution in [0.4, 0.5) is 9.52 Å². The fourth-order valence-corrected chi connectivity index (χ4v) is 3.91. The molecule has 0 unspecified atom stereocenters. The smallest absolute Gasteiger partial charge is 0.248 e. The van der Waals surface area contributed by atoms with Gasteiger partial charge in [-0.05, 0) is 30.5 Å². The van der Waals surface area contributed by atoms with Crippen LogP contribution in [0.1, 0.15) is 18.4 Å². The summed E-state index contributed by atoms with van der Waals surface area (Å²) >= 11 is 1.41. The van der Waals surface area contributed by atoms with Gasteiger partial charge < -0.3 is 4.90 Å². The molecule has 24 heavy (non-hydrogen) atoms. The Balaban J connectivity index is 1.50. The van der Waals surface area contributed by atoms with Gasteiger partial charge in [-0.2, -0.15) is 0 Å². The number of piperazine rings is 1. The van der Waals surface area contributed by atoms with Crippen LogP contribution in [0.5, 0.6) is 0 Å². The van der Waals surface area contributed by atoms with Gasteiger partial charge in [0, 0.05) is 24.7 Å². The van der Waals surface area contributed by atoms with E-state index < -0.39 is 5.41 Å². The Hall–Kier alpha value is -2.28. The molecule has 1 aromatic heterocycles. The second-order valence-electron chi connectivity index (χ2n) is 6.18. The molecule has 0 radical (unpaired) electrons. The van der Waals surface area contributed by atoms with E-state index in [1.807, 2.05) is 5.38 Å². The zero-order valence-corrected chi connectivity index (χ0v) is 13.8. The Morgan fingerprint density at radius 3 is 2.54 bits per heavy atom. The molecular weight excluding hydrogens is 329 g/mol. The van der Waals surface area contributed by atoms with Crippen LogP contribution in [-0.4, -0.2) is 41.3 Å². The first-order chi connectivity index (χ1) is 11.6. The maximum atomic E-state index is 13.1. The molecule has 2 aromatic rings. The summed E-state index contributed by atoms with van der Waals surface area (Å²) in [5.41, 5.74) is 0.265. The van der Waals surface area contributed by atoms with Crippen LogP contribution in [0.3, 0.4) is 0 Å². The van der Waals surface area contributed by atoms with Gasteiger partial charge in [0.05, 0.1) is 5.41 Å². The first kappa shape index (κ1) is 15.3. The Kier molecular flexibility index (Phi) is 3.60. The lowest BCUT2D eigenvalue weighted by molar-refractivity contribution is -0.139. The highest BCUT2D eigenvalue weighted by atomic mass is 32.1. The molecule has 0 bridgehead atoms. The summed E-state index contributed by atoms with van der Waals surface area (Å²) in [6.07, 6.45) is 3.16. The molecule has 0 atom stereocenters. The van der Waals surface area contributed by atoms with E-state index in [2.05, 4.69) is 4.98 Å². The molecule has 2 amide bonds. The van der Waals surface area contributed by atoms with Gasteiger partial charge in [0.15, 0.2) is 5.13 Å². The Labute approximate surface area is 142 Å². The lowest BCUT2D eigenvalue weighted by Crippen LogP contribution is -2.54. The zero-order chi connectivity index (χ0) is 16.7. The predicted octanol–water partition coefficient (Wildman–Crippen LogP) is 2.19. The van der Waals surface area contributed by atoms with Crippen molar-refractivity contribution in [3.05, 3.63) is 47.2 Å². The van der Waals surface area contributed by atoms with Gasteiger partial charge in [-0.1, -0.05) is 12.1 Å². The minimum Gasteiger partial charge on any atom is -0.331 e. The summed E-state index contributed by atoms with van der Waals surface area (Å²) < 4.78 is 13.1. The number of carbonyl (C=O) groups is 2. The number of rotatable bonds is 3. The Morgan fingerprint density at radius 2 is 1.96 bits per heavy atom. The largest absolute Gasteiger partial charge is 0.331 e. The maximum absolute atomic E-state index is 13.1. The molecule has 4 rings (SSSR count). The number of aromatic nitrogens is 1. The average molecular weight is 345 g/mol. The average Bonchev–Trinajstić information content (AvgIpc) is 3.22. The molecule has 1 saturated carbocycles. The molecule has 0 spiro atoms. The van der Waals surface area contributed by atoms with E-state index in [1.165, 1.54) is 23.5 Å². The number of hydrogen-bond acceptors (Lipinski definition) is 4. The lowest BCUT2D eigenvalue weighted by Gasteiger charge is -2.35. The van der Waals surface area contributed by atoms with Crippen LogP contribution in [-0.2, 0) is 15.0 Å². The van der Waals surface area contributed by atoms with E-state index in [4.69, 9.17) is 0 Å². The monoisotopic (exact) mass is 345 g/mol. The molecule has 5 nitrogen and oxygen atoms in total. The number of carbonyl (C=O) groups excluding carboxylic acids is 2.